The van der Waals surface area contributed by atoms with Crippen molar-refractivity contribution in [3.05, 3.63) is 45.3 Å². The standard InChI is InChI=1S/C13H13ClN2OS/c1-8-3-4-9(5-10(8)14)11-6-13(18)16-12(15-11)7-17-2/h3-6H,7H2,1-2H3,(H,15,16,18). The van der Waals surface area contributed by atoms with Crippen molar-refractivity contribution in [2.75, 3.05) is 7.11 Å². The van der Waals surface area contributed by atoms with Crippen LogP contribution >= 0.6 is 23.8 Å². The summed E-state index contributed by atoms with van der Waals surface area (Å²) in [4.78, 5) is 7.38. The number of methoxy groups -OCH3 is 1. The maximum absolute atomic E-state index is 6.12. The molecule has 1 aromatic carbocycles. The second-order valence-electron chi connectivity index (χ2n) is 3.98. The first-order chi connectivity index (χ1) is 8.60. The summed E-state index contributed by atoms with van der Waals surface area (Å²) in [6, 6.07) is 7.70. The van der Waals surface area contributed by atoms with Gasteiger partial charge < -0.3 is 9.72 Å². The van der Waals surface area contributed by atoms with Gasteiger partial charge in [0.2, 0.25) is 0 Å². The molecule has 0 fully saturated rings. The first-order valence-electron chi connectivity index (χ1n) is 5.46. The Bertz CT molecular complexity index is 625. The first kappa shape index (κ1) is 13.2. The smallest absolute Gasteiger partial charge is 0.134 e. The van der Waals surface area contributed by atoms with Gasteiger partial charge in [0, 0.05) is 17.8 Å². The molecule has 1 heterocycles. The number of aromatic amines is 1. The topological polar surface area (TPSA) is 37.9 Å². The highest BCUT2D eigenvalue weighted by Gasteiger charge is 2.04. The average molecular weight is 281 g/mol. The summed E-state index contributed by atoms with van der Waals surface area (Å²) in [5.41, 5.74) is 2.92. The second kappa shape index (κ2) is 5.61. The molecular formula is C13H13ClN2OS. The van der Waals surface area contributed by atoms with Crippen molar-refractivity contribution in [1.82, 2.24) is 9.97 Å². The lowest BCUT2D eigenvalue weighted by molar-refractivity contribution is 0.177. The Balaban J connectivity index is 2.49. The number of aryl methyl sites for hydroxylation is 1. The van der Waals surface area contributed by atoms with E-state index < -0.39 is 0 Å². The fourth-order valence-electron chi connectivity index (χ4n) is 1.63. The molecule has 94 valence electrons. The Morgan fingerprint density at radius 3 is 2.83 bits per heavy atom. The van der Waals surface area contributed by atoms with Gasteiger partial charge >= 0.3 is 0 Å². The number of H-pyrrole nitrogens is 1. The largest absolute Gasteiger partial charge is 0.377 e. The Hall–Kier alpha value is -1.23. The molecule has 0 spiro atoms. The van der Waals surface area contributed by atoms with Gasteiger partial charge in [-0.2, -0.15) is 0 Å². The Kier molecular flexibility index (Phi) is 4.11. The van der Waals surface area contributed by atoms with E-state index in [0.717, 1.165) is 21.8 Å². The highest BCUT2D eigenvalue weighted by atomic mass is 35.5. The third kappa shape index (κ3) is 2.96. The number of rotatable bonds is 3. The molecule has 0 bridgehead atoms. The van der Waals surface area contributed by atoms with Gasteiger partial charge in [-0.25, -0.2) is 4.98 Å². The third-order valence-electron chi connectivity index (χ3n) is 2.56. The molecule has 0 saturated carbocycles. The SMILES string of the molecule is COCc1nc(=S)cc(-c2ccc(C)c(Cl)c2)[nH]1. The number of nitrogens with zero attached hydrogens (tertiary/aromatic N) is 1. The molecule has 5 heteroatoms. The molecule has 0 aliphatic carbocycles. The fraction of sp³-hybridized carbons (Fsp3) is 0.231. The van der Waals surface area contributed by atoms with Gasteiger partial charge in [0.15, 0.2) is 0 Å². The van der Waals surface area contributed by atoms with Crippen LogP contribution < -0.4 is 0 Å². The number of aromatic nitrogens is 2. The quantitative estimate of drug-likeness (QED) is 0.866. The third-order valence-corrected chi connectivity index (χ3v) is 3.17. The first-order valence-corrected chi connectivity index (χ1v) is 6.24. The van der Waals surface area contributed by atoms with E-state index in [0.29, 0.717) is 17.1 Å². The average Bonchev–Trinajstić information content (AvgIpc) is 2.32. The summed E-state index contributed by atoms with van der Waals surface area (Å²) >= 11 is 11.3. The van der Waals surface area contributed by atoms with Crippen LogP contribution in [0, 0.1) is 11.6 Å². The van der Waals surface area contributed by atoms with Gasteiger partial charge in [-0.1, -0.05) is 36.0 Å². The minimum absolute atomic E-state index is 0.400. The summed E-state index contributed by atoms with van der Waals surface area (Å²) in [5.74, 6) is 0.705. The van der Waals surface area contributed by atoms with E-state index in [-0.39, 0.29) is 0 Å². The molecule has 0 unspecified atom stereocenters. The minimum atomic E-state index is 0.400. The number of ether oxygens (including phenoxy) is 1. The normalized spacial score (nSPS) is 10.6. The minimum Gasteiger partial charge on any atom is -0.377 e. The summed E-state index contributed by atoms with van der Waals surface area (Å²) in [7, 11) is 1.62. The van der Waals surface area contributed by atoms with E-state index in [2.05, 4.69) is 9.97 Å². The molecule has 18 heavy (non-hydrogen) atoms. The van der Waals surface area contributed by atoms with Crippen LogP contribution in [0.3, 0.4) is 0 Å². The van der Waals surface area contributed by atoms with Gasteiger partial charge in [-0.15, -0.1) is 0 Å². The van der Waals surface area contributed by atoms with Crippen LogP contribution in [0.15, 0.2) is 24.3 Å². The highest BCUT2D eigenvalue weighted by Crippen LogP contribution is 2.24. The van der Waals surface area contributed by atoms with E-state index in [9.17, 15) is 0 Å². The van der Waals surface area contributed by atoms with Crippen LogP contribution in [0.1, 0.15) is 11.4 Å². The molecule has 2 rings (SSSR count). The molecule has 0 aliphatic heterocycles. The number of halogens is 1. The maximum Gasteiger partial charge on any atom is 0.134 e. The Morgan fingerprint density at radius 2 is 2.17 bits per heavy atom. The molecule has 2 aromatic rings. The molecule has 3 nitrogen and oxygen atoms in total. The van der Waals surface area contributed by atoms with Crippen LogP contribution in [0.2, 0.25) is 5.02 Å². The van der Waals surface area contributed by atoms with Crippen molar-refractivity contribution in [3.8, 4) is 11.3 Å². The molecule has 0 radical (unpaired) electrons. The molecule has 0 aliphatic rings. The zero-order valence-electron chi connectivity index (χ0n) is 10.2. The van der Waals surface area contributed by atoms with Crippen molar-refractivity contribution < 1.29 is 4.74 Å². The lowest BCUT2D eigenvalue weighted by atomic mass is 10.1. The Morgan fingerprint density at radius 1 is 1.39 bits per heavy atom. The molecule has 0 amide bonds. The number of hydrogen-bond donors (Lipinski definition) is 1. The van der Waals surface area contributed by atoms with Crippen molar-refractivity contribution in [3.63, 3.8) is 0 Å². The van der Waals surface area contributed by atoms with Crippen molar-refractivity contribution in [1.29, 1.82) is 0 Å². The summed E-state index contributed by atoms with van der Waals surface area (Å²) in [6.45, 7) is 2.37. The summed E-state index contributed by atoms with van der Waals surface area (Å²) in [5, 5.41) is 0.733. The molecular weight excluding hydrogens is 268 g/mol. The molecule has 0 saturated heterocycles. The lowest BCUT2D eigenvalue weighted by Gasteiger charge is -2.07. The van der Waals surface area contributed by atoms with Crippen LogP contribution in [0.25, 0.3) is 11.3 Å². The van der Waals surface area contributed by atoms with Gasteiger partial charge in [0.05, 0.1) is 0 Å². The molecule has 1 aromatic heterocycles. The van der Waals surface area contributed by atoms with Crippen molar-refractivity contribution in [2.45, 2.75) is 13.5 Å². The van der Waals surface area contributed by atoms with Crippen LogP contribution in [-0.2, 0) is 11.3 Å². The second-order valence-corrected chi connectivity index (χ2v) is 4.80. The van der Waals surface area contributed by atoms with Gasteiger partial charge in [0.25, 0.3) is 0 Å². The molecule has 0 atom stereocenters. The van der Waals surface area contributed by atoms with E-state index in [1.54, 1.807) is 7.11 Å². The van der Waals surface area contributed by atoms with Gasteiger partial charge in [0.1, 0.15) is 17.1 Å². The highest BCUT2D eigenvalue weighted by molar-refractivity contribution is 7.71. The summed E-state index contributed by atoms with van der Waals surface area (Å²) < 4.78 is 5.59. The zero-order valence-corrected chi connectivity index (χ0v) is 11.7. The lowest BCUT2D eigenvalue weighted by Crippen LogP contribution is -1.98. The predicted molar refractivity (Wildman–Crippen MR) is 75.3 cm³/mol. The van der Waals surface area contributed by atoms with Crippen LogP contribution in [0.4, 0.5) is 0 Å². The van der Waals surface area contributed by atoms with E-state index in [4.69, 9.17) is 28.6 Å². The number of hydrogen-bond acceptors (Lipinski definition) is 3. The Labute approximate surface area is 116 Å². The van der Waals surface area contributed by atoms with E-state index in [1.165, 1.54) is 0 Å². The van der Waals surface area contributed by atoms with Crippen molar-refractivity contribution in [2.24, 2.45) is 0 Å². The maximum atomic E-state index is 6.12. The predicted octanol–water partition coefficient (Wildman–Crippen LogP) is 3.91. The molecule has 1 N–H and O–H groups in total. The van der Waals surface area contributed by atoms with Crippen LogP contribution in [-0.4, -0.2) is 17.1 Å². The van der Waals surface area contributed by atoms with Crippen molar-refractivity contribution >= 4 is 23.8 Å². The monoisotopic (exact) mass is 280 g/mol. The van der Waals surface area contributed by atoms with Crippen LogP contribution in [0.5, 0.6) is 0 Å². The fourth-order valence-corrected chi connectivity index (χ4v) is 2.04. The summed E-state index contributed by atoms with van der Waals surface area (Å²) in [6.07, 6.45) is 0. The number of nitrogens with one attached hydrogen (secondary N) is 1. The van der Waals surface area contributed by atoms with Gasteiger partial charge in [-0.05, 0) is 30.2 Å². The van der Waals surface area contributed by atoms with E-state index >= 15 is 0 Å². The van der Waals surface area contributed by atoms with E-state index in [1.807, 2.05) is 31.2 Å². The number of benzene rings is 1. The van der Waals surface area contributed by atoms with Gasteiger partial charge in [-0.3, -0.25) is 0 Å². The zero-order chi connectivity index (χ0) is 13.1.